The van der Waals surface area contributed by atoms with Crippen molar-refractivity contribution in [3.63, 3.8) is 0 Å². The number of benzene rings is 1. The van der Waals surface area contributed by atoms with E-state index in [2.05, 4.69) is 10.2 Å². The van der Waals surface area contributed by atoms with Gasteiger partial charge in [-0.15, -0.1) is 0 Å². The number of likely N-dealkylation sites (N-methyl/N-ethyl adjacent to an activating group) is 1. The van der Waals surface area contributed by atoms with E-state index in [0.717, 1.165) is 0 Å². The number of nitrogens with two attached hydrogens (primary N) is 1. The largest absolute Gasteiger partial charge is 0.492 e. The second-order valence-corrected chi connectivity index (χ2v) is 4.64. The topological polar surface area (TPSA) is 84.2 Å². The van der Waals surface area contributed by atoms with Gasteiger partial charge < -0.3 is 15.4 Å². The number of aromatic amines is 1. The predicted molar refractivity (Wildman–Crippen MR) is 76.6 cm³/mol. The number of nitrogens with zero attached hydrogens (tertiary/aromatic N) is 2. The summed E-state index contributed by atoms with van der Waals surface area (Å²) >= 11 is 0. The van der Waals surface area contributed by atoms with E-state index in [4.69, 9.17) is 10.5 Å². The molecule has 0 spiro atoms. The molecular weight excluding hydrogens is 275 g/mol. The summed E-state index contributed by atoms with van der Waals surface area (Å²) in [4.78, 5) is 13.6. The Balaban J connectivity index is 1.87. The van der Waals surface area contributed by atoms with Crippen molar-refractivity contribution in [2.45, 2.75) is 6.92 Å². The van der Waals surface area contributed by atoms with Crippen LogP contribution >= 0.6 is 0 Å². The monoisotopic (exact) mass is 292 g/mol. The lowest BCUT2D eigenvalue weighted by Gasteiger charge is -2.16. The predicted octanol–water partition coefficient (Wildman–Crippen LogP) is 1.59. The fourth-order valence-corrected chi connectivity index (χ4v) is 1.71. The molecule has 0 aliphatic rings. The van der Waals surface area contributed by atoms with Gasteiger partial charge in [0.05, 0.1) is 17.9 Å². The number of nitrogen functional groups attached to an aromatic ring is 1. The van der Waals surface area contributed by atoms with E-state index < -0.39 is 0 Å². The molecule has 112 valence electrons. The van der Waals surface area contributed by atoms with E-state index >= 15 is 0 Å². The maximum atomic E-state index is 12.7. The molecule has 0 aliphatic heterocycles. The fraction of sp³-hybridized carbons (Fsp3) is 0.286. The van der Waals surface area contributed by atoms with Crippen molar-refractivity contribution in [2.75, 3.05) is 25.9 Å². The normalized spacial score (nSPS) is 10.4. The first-order chi connectivity index (χ1) is 9.99. The summed E-state index contributed by atoms with van der Waals surface area (Å²) in [5.41, 5.74) is 6.99. The lowest BCUT2D eigenvalue weighted by atomic mass is 10.3. The third-order valence-electron chi connectivity index (χ3n) is 3.05. The van der Waals surface area contributed by atoms with E-state index in [1.54, 1.807) is 14.0 Å². The molecule has 2 aromatic rings. The number of carbonyl (C=O) groups excluding carboxylic acids is 1. The van der Waals surface area contributed by atoms with Gasteiger partial charge in [0.1, 0.15) is 18.2 Å². The summed E-state index contributed by atoms with van der Waals surface area (Å²) in [5.74, 6) is -0.0500. The Morgan fingerprint density at radius 3 is 2.67 bits per heavy atom. The van der Waals surface area contributed by atoms with Gasteiger partial charge in [-0.25, -0.2) is 4.39 Å². The van der Waals surface area contributed by atoms with E-state index in [-0.39, 0.29) is 24.0 Å². The van der Waals surface area contributed by atoms with Crippen LogP contribution in [-0.2, 0) is 0 Å². The number of hydrogen-bond acceptors (Lipinski definition) is 4. The number of ether oxygens (including phenoxy) is 1. The molecule has 0 saturated heterocycles. The van der Waals surface area contributed by atoms with Crippen molar-refractivity contribution in [3.05, 3.63) is 41.5 Å². The number of aromatic nitrogens is 2. The van der Waals surface area contributed by atoms with Crippen LogP contribution in [0.25, 0.3) is 0 Å². The highest BCUT2D eigenvalue weighted by Crippen LogP contribution is 2.14. The fourth-order valence-electron chi connectivity index (χ4n) is 1.71. The molecule has 1 aromatic heterocycles. The zero-order valence-electron chi connectivity index (χ0n) is 11.9. The maximum absolute atomic E-state index is 12.7. The second kappa shape index (κ2) is 6.25. The number of nitrogens with one attached hydrogen (secondary N) is 1. The third-order valence-corrected chi connectivity index (χ3v) is 3.05. The number of H-pyrrole nitrogens is 1. The number of aryl methyl sites for hydroxylation is 1. The van der Waals surface area contributed by atoms with Gasteiger partial charge in [0.2, 0.25) is 0 Å². The number of amides is 1. The molecule has 0 aliphatic carbocycles. The molecule has 1 amide bonds. The molecule has 0 radical (unpaired) electrons. The minimum atomic E-state index is -0.320. The lowest BCUT2D eigenvalue weighted by Crippen LogP contribution is -2.31. The van der Waals surface area contributed by atoms with Crippen LogP contribution in [0.3, 0.4) is 0 Å². The Bertz CT molecular complexity index is 624. The number of rotatable bonds is 5. The van der Waals surface area contributed by atoms with Gasteiger partial charge in [0, 0.05) is 7.05 Å². The molecule has 7 heteroatoms. The maximum Gasteiger partial charge on any atom is 0.276 e. The summed E-state index contributed by atoms with van der Waals surface area (Å²) in [6.07, 6.45) is 0. The first kappa shape index (κ1) is 14.8. The third kappa shape index (κ3) is 3.50. The van der Waals surface area contributed by atoms with Crippen LogP contribution < -0.4 is 10.5 Å². The van der Waals surface area contributed by atoms with Crippen LogP contribution in [0.4, 0.5) is 10.1 Å². The summed E-state index contributed by atoms with van der Waals surface area (Å²) in [6, 6.07) is 5.70. The molecule has 0 unspecified atom stereocenters. The van der Waals surface area contributed by atoms with Gasteiger partial charge in [-0.3, -0.25) is 9.89 Å². The molecule has 0 saturated carbocycles. The van der Waals surface area contributed by atoms with E-state index in [1.807, 2.05) is 0 Å². The van der Waals surface area contributed by atoms with E-state index in [0.29, 0.717) is 23.7 Å². The van der Waals surface area contributed by atoms with Gasteiger partial charge in [-0.1, -0.05) is 0 Å². The van der Waals surface area contributed by atoms with Crippen LogP contribution in [0, 0.1) is 12.7 Å². The first-order valence-electron chi connectivity index (χ1n) is 6.43. The van der Waals surface area contributed by atoms with Crippen LogP contribution in [0.1, 0.15) is 16.2 Å². The van der Waals surface area contributed by atoms with Crippen LogP contribution in [0.15, 0.2) is 24.3 Å². The Morgan fingerprint density at radius 1 is 1.43 bits per heavy atom. The molecule has 0 atom stereocenters. The van der Waals surface area contributed by atoms with Gasteiger partial charge in [-0.05, 0) is 31.2 Å². The Labute approximate surface area is 121 Å². The Morgan fingerprint density at radius 2 is 2.10 bits per heavy atom. The smallest absolute Gasteiger partial charge is 0.276 e. The van der Waals surface area contributed by atoms with Crippen molar-refractivity contribution in [3.8, 4) is 5.75 Å². The summed E-state index contributed by atoms with van der Waals surface area (Å²) in [6.45, 7) is 2.40. The molecule has 2 rings (SSSR count). The van der Waals surface area contributed by atoms with Crippen molar-refractivity contribution < 1.29 is 13.9 Å². The molecule has 0 bridgehead atoms. The van der Waals surface area contributed by atoms with Gasteiger partial charge >= 0.3 is 0 Å². The highest BCUT2D eigenvalue weighted by atomic mass is 19.1. The van der Waals surface area contributed by atoms with Crippen molar-refractivity contribution in [2.24, 2.45) is 0 Å². The number of anilines is 1. The lowest BCUT2D eigenvalue weighted by molar-refractivity contribution is 0.0769. The number of halogens is 1. The summed E-state index contributed by atoms with van der Waals surface area (Å²) in [5, 5.41) is 6.56. The zero-order valence-corrected chi connectivity index (χ0v) is 11.9. The Kier molecular flexibility index (Phi) is 4.42. The SMILES string of the molecule is Cc1[nH]nc(C(=O)N(C)CCOc2ccc(F)cc2)c1N. The number of carbonyl (C=O) groups is 1. The molecular formula is C14H17FN4O2. The van der Waals surface area contributed by atoms with Crippen molar-refractivity contribution in [1.82, 2.24) is 15.1 Å². The molecule has 3 N–H and O–H groups in total. The van der Waals surface area contributed by atoms with E-state index in [9.17, 15) is 9.18 Å². The average Bonchev–Trinajstić information content (AvgIpc) is 2.80. The molecule has 1 heterocycles. The zero-order chi connectivity index (χ0) is 15.4. The summed E-state index contributed by atoms with van der Waals surface area (Å²) < 4.78 is 18.2. The highest BCUT2D eigenvalue weighted by molar-refractivity contribution is 5.97. The average molecular weight is 292 g/mol. The minimum absolute atomic E-state index is 0.205. The van der Waals surface area contributed by atoms with Crippen LogP contribution in [-0.4, -0.2) is 41.2 Å². The molecule has 0 fully saturated rings. The van der Waals surface area contributed by atoms with Crippen molar-refractivity contribution in [1.29, 1.82) is 0 Å². The van der Waals surface area contributed by atoms with Gasteiger partial charge in [0.15, 0.2) is 5.69 Å². The number of hydrogen-bond donors (Lipinski definition) is 2. The Hall–Kier alpha value is -2.57. The molecule has 6 nitrogen and oxygen atoms in total. The van der Waals surface area contributed by atoms with Crippen LogP contribution in [0.2, 0.25) is 0 Å². The molecule has 1 aromatic carbocycles. The summed E-state index contributed by atoms with van der Waals surface area (Å²) in [7, 11) is 1.64. The quantitative estimate of drug-likeness (QED) is 0.876. The van der Waals surface area contributed by atoms with Gasteiger partial charge in [0.25, 0.3) is 5.91 Å². The molecule has 21 heavy (non-hydrogen) atoms. The minimum Gasteiger partial charge on any atom is -0.492 e. The van der Waals surface area contributed by atoms with Crippen LogP contribution in [0.5, 0.6) is 5.75 Å². The highest BCUT2D eigenvalue weighted by Gasteiger charge is 2.19. The van der Waals surface area contributed by atoms with E-state index in [1.165, 1.54) is 29.2 Å². The first-order valence-corrected chi connectivity index (χ1v) is 6.43. The van der Waals surface area contributed by atoms with Gasteiger partial charge in [-0.2, -0.15) is 5.10 Å². The second-order valence-electron chi connectivity index (χ2n) is 4.64. The van der Waals surface area contributed by atoms with Crippen molar-refractivity contribution >= 4 is 11.6 Å². The standard InChI is InChI=1S/C14H17FN4O2/c1-9-12(16)13(18-17-9)14(20)19(2)7-8-21-11-5-3-10(15)4-6-11/h3-6H,7-8,16H2,1-2H3,(H,17,18).